The van der Waals surface area contributed by atoms with Crippen LogP contribution in [0.2, 0.25) is 0 Å². The Morgan fingerprint density at radius 1 is 0.857 bits per heavy atom. The van der Waals surface area contributed by atoms with Gasteiger partial charge in [-0.3, -0.25) is 0 Å². The minimum atomic E-state index is -3.95. The molecule has 0 atom stereocenters. The molecule has 0 aliphatic carbocycles. The summed E-state index contributed by atoms with van der Waals surface area (Å²) in [4.78, 5) is 0. The Kier molecular flexibility index (Phi) is 4.60. The van der Waals surface area contributed by atoms with Crippen molar-refractivity contribution < 1.29 is 18.6 Å². The van der Waals surface area contributed by atoms with Crippen molar-refractivity contribution in [3.63, 3.8) is 0 Å². The van der Waals surface area contributed by atoms with Crippen LogP contribution in [-0.4, -0.2) is 18.6 Å². The Morgan fingerprint density at radius 2 is 1.61 bits per heavy atom. The molecule has 1 aliphatic rings. The number of anilines is 1. The highest BCUT2D eigenvalue weighted by Gasteiger charge is 2.30. The first kappa shape index (κ1) is 18.2. The summed E-state index contributed by atoms with van der Waals surface area (Å²) in [7, 11) is -3.95. The molecule has 1 aliphatic heterocycles. The van der Waals surface area contributed by atoms with E-state index in [1.807, 2.05) is 41.1 Å². The minimum Gasteiger partial charge on any atom is -0.506 e. The van der Waals surface area contributed by atoms with Gasteiger partial charge in [0.05, 0.1) is 6.20 Å². The maximum atomic E-state index is 12.1. The van der Waals surface area contributed by atoms with E-state index in [9.17, 15) is 18.6 Å². The third-order valence-electron chi connectivity index (χ3n) is 4.74. The van der Waals surface area contributed by atoms with Gasteiger partial charge in [-0.05, 0) is 53.3 Å². The second-order valence-corrected chi connectivity index (χ2v) is 8.33. The molecule has 0 aromatic heterocycles. The number of rotatable bonds is 5. The van der Waals surface area contributed by atoms with Crippen molar-refractivity contribution in [1.82, 2.24) is 4.72 Å². The van der Waals surface area contributed by atoms with E-state index in [0.29, 0.717) is 0 Å². The smallest absolute Gasteiger partial charge is 0.330 e. The van der Waals surface area contributed by atoms with Gasteiger partial charge in [0, 0.05) is 0 Å². The van der Waals surface area contributed by atoms with E-state index in [2.05, 4.69) is 12.1 Å². The Bertz CT molecular complexity index is 1160. The fraction of sp³-hybridized carbons (Fsp3) is 0.143. The summed E-state index contributed by atoms with van der Waals surface area (Å²) in [5, 5.41) is 21.4. The SMILES string of the molecule is O=S1(=O)NC(O)=CN1c1cc2cc(CCCc3ccccc3)ccc2cc1O. The fourth-order valence-corrected chi connectivity index (χ4v) is 4.44. The maximum absolute atomic E-state index is 12.1. The van der Waals surface area contributed by atoms with Gasteiger partial charge in [-0.25, -0.2) is 9.03 Å². The molecule has 4 rings (SSSR count). The maximum Gasteiger partial charge on any atom is 0.330 e. The number of fused-ring (bicyclic) bond motifs is 1. The van der Waals surface area contributed by atoms with Crippen molar-refractivity contribution >= 4 is 26.7 Å². The molecule has 28 heavy (non-hydrogen) atoms. The van der Waals surface area contributed by atoms with E-state index in [1.54, 1.807) is 6.07 Å². The molecule has 0 fully saturated rings. The van der Waals surface area contributed by atoms with Gasteiger partial charge in [-0.1, -0.05) is 48.5 Å². The summed E-state index contributed by atoms with van der Waals surface area (Å²) in [6.07, 6.45) is 3.91. The topological polar surface area (TPSA) is 89.9 Å². The van der Waals surface area contributed by atoms with Crippen LogP contribution >= 0.6 is 0 Å². The number of phenols is 1. The number of aliphatic hydroxyl groups excluding tert-OH is 1. The quantitative estimate of drug-likeness (QED) is 0.613. The van der Waals surface area contributed by atoms with Gasteiger partial charge >= 0.3 is 10.2 Å². The van der Waals surface area contributed by atoms with E-state index >= 15 is 0 Å². The number of aliphatic hydroxyl groups is 1. The Morgan fingerprint density at radius 3 is 2.32 bits per heavy atom. The number of nitrogens with zero attached hydrogens (tertiary/aromatic N) is 1. The van der Waals surface area contributed by atoms with Crippen LogP contribution in [0.5, 0.6) is 5.75 Å². The molecular weight excluding hydrogens is 376 g/mol. The van der Waals surface area contributed by atoms with E-state index in [1.165, 1.54) is 11.6 Å². The van der Waals surface area contributed by atoms with E-state index in [0.717, 1.165) is 46.1 Å². The second-order valence-electron chi connectivity index (χ2n) is 6.78. The minimum absolute atomic E-state index is 0.0884. The largest absolute Gasteiger partial charge is 0.506 e. The normalized spacial score (nSPS) is 15.4. The number of hydrogen-bond acceptors (Lipinski definition) is 4. The van der Waals surface area contributed by atoms with Crippen molar-refractivity contribution in [2.45, 2.75) is 19.3 Å². The van der Waals surface area contributed by atoms with Gasteiger partial charge in [-0.15, -0.1) is 0 Å². The van der Waals surface area contributed by atoms with Crippen molar-refractivity contribution in [3.05, 3.63) is 83.9 Å². The molecule has 0 spiro atoms. The molecule has 0 bridgehead atoms. The summed E-state index contributed by atoms with van der Waals surface area (Å²) in [5.74, 6) is -0.671. The molecule has 3 aromatic rings. The van der Waals surface area contributed by atoms with Gasteiger partial charge in [-0.2, -0.15) is 8.42 Å². The van der Waals surface area contributed by atoms with E-state index < -0.39 is 16.1 Å². The highest BCUT2D eigenvalue weighted by atomic mass is 32.2. The lowest BCUT2D eigenvalue weighted by atomic mass is 10.0. The second kappa shape index (κ2) is 7.09. The van der Waals surface area contributed by atoms with Crippen LogP contribution < -0.4 is 9.03 Å². The van der Waals surface area contributed by atoms with Crippen molar-refractivity contribution in [2.24, 2.45) is 0 Å². The molecule has 7 heteroatoms. The first-order valence-corrected chi connectivity index (χ1v) is 10.4. The molecule has 0 saturated carbocycles. The Hall–Kier alpha value is -3.19. The number of nitrogens with one attached hydrogen (secondary N) is 1. The highest BCUT2D eigenvalue weighted by Crippen LogP contribution is 2.36. The highest BCUT2D eigenvalue weighted by molar-refractivity contribution is 7.91. The first-order chi connectivity index (χ1) is 13.4. The Labute approximate surface area is 163 Å². The lowest BCUT2D eigenvalue weighted by molar-refractivity contribution is 0.392. The van der Waals surface area contributed by atoms with Crippen LogP contribution in [0.3, 0.4) is 0 Å². The van der Waals surface area contributed by atoms with Crippen molar-refractivity contribution in [3.8, 4) is 5.75 Å². The number of aromatic hydroxyl groups is 1. The molecule has 0 radical (unpaired) electrons. The van der Waals surface area contributed by atoms with Crippen LogP contribution in [-0.2, 0) is 23.1 Å². The fourth-order valence-electron chi connectivity index (χ4n) is 3.38. The first-order valence-electron chi connectivity index (χ1n) is 8.95. The van der Waals surface area contributed by atoms with Gasteiger partial charge in [0.2, 0.25) is 5.88 Å². The molecule has 144 valence electrons. The standard InChI is InChI=1S/C21H20N2O4S/c24-20-13-17-10-9-16(8-4-7-15-5-2-1-3-6-15)11-18(17)12-19(20)23-14-21(25)22-28(23,26)27/h1-3,5-6,9-14,22,24-25H,4,7-8H2. The molecule has 3 aromatic carbocycles. The number of benzene rings is 3. The van der Waals surface area contributed by atoms with Crippen LogP contribution in [0.4, 0.5) is 5.69 Å². The summed E-state index contributed by atoms with van der Waals surface area (Å²) in [6.45, 7) is 0. The van der Waals surface area contributed by atoms with Gasteiger partial charge in [0.25, 0.3) is 0 Å². The van der Waals surface area contributed by atoms with Crippen LogP contribution in [0.15, 0.2) is 72.7 Å². The zero-order valence-corrected chi connectivity index (χ0v) is 15.9. The molecule has 0 unspecified atom stereocenters. The number of phenolic OH excluding ortho intramolecular Hbond substituents is 1. The molecule has 1 heterocycles. The lowest BCUT2D eigenvalue weighted by Gasteiger charge is -2.16. The van der Waals surface area contributed by atoms with Gasteiger partial charge in [0.1, 0.15) is 11.4 Å². The third-order valence-corrected chi connectivity index (χ3v) is 6.03. The average molecular weight is 396 g/mol. The molecule has 0 amide bonds. The number of aryl methyl sites for hydroxylation is 2. The van der Waals surface area contributed by atoms with E-state index in [-0.39, 0.29) is 11.4 Å². The monoisotopic (exact) mass is 396 g/mol. The number of hydrogen-bond donors (Lipinski definition) is 3. The van der Waals surface area contributed by atoms with Crippen molar-refractivity contribution in [1.29, 1.82) is 0 Å². The average Bonchev–Trinajstić information content (AvgIpc) is 2.94. The van der Waals surface area contributed by atoms with Gasteiger partial charge in [0.15, 0.2) is 0 Å². The van der Waals surface area contributed by atoms with Crippen LogP contribution in [0.1, 0.15) is 17.5 Å². The summed E-state index contributed by atoms with van der Waals surface area (Å²) >= 11 is 0. The van der Waals surface area contributed by atoms with Crippen LogP contribution in [0, 0.1) is 0 Å². The van der Waals surface area contributed by atoms with Gasteiger partial charge < -0.3 is 10.2 Å². The molecule has 3 N–H and O–H groups in total. The predicted molar refractivity (Wildman–Crippen MR) is 109 cm³/mol. The lowest BCUT2D eigenvalue weighted by Crippen LogP contribution is -2.29. The Balaban J connectivity index is 1.59. The summed E-state index contributed by atoms with van der Waals surface area (Å²) in [6, 6.07) is 19.4. The molecule has 6 nitrogen and oxygen atoms in total. The molecular formula is C21H20N2O4S. The zero-order chi connectivity index (χ0) is 19.7. The van der Waals surface area contributed by atoms with Crippen molar-refractivity contribution in [2.75, 3.05) is 4.31 Å². The zero-order valence-electron chi connectivity index (χ0n) is 15.0. The summed E-state index contributed by atoms with van der Waals surface area (Å²) in [5.41, 5.74) is 2.53. The predicted octanol–water partition coefficient (Wildman–Crippen LogP) is 3.73. The van der Waals surface area contributed by atoms with Crippen LogP contribution in [0.25, 0.3) is 10.8 Å². The third kappa shape index (κ3) is 3.61. The molecule has 0 saturated heterocycles. The van der Waals surface area contributed by atoms with E-state index in [4.69, 9.17) is 0 Å². The summed E-state index contributed by atoms with van der Waals surface area (Å²) < 4.78 is 27.0.